The molecule has 2 rings (SSSR count). The Morgan fingerprint density at radius 1 is 1.19 bits per heavy atom. The lowest BCUT2D eigenvalue weighted by molar-refractivity contribution is 0.0951. The molecule has 0 aliphatic heterocycles. The normalized spacial score (nSPS) is 10.5. The predicted molar refractivity (Wildman–Crippen MR) is 82.9 cm³/mol. The van der Waals surface area contributed by atoms with Crippen molar-refractivity contribution in [2.24, 2.45) is 5.84 Å². The first-order valence-electron chi connectivity index (χ1n) is 6.82. The number of carbonyl (C=O) groups excluding carboxylic acids is 1. The van der Waals surface area contributed by atoms with Crippen LogP contribution >= 0.6 is 0 Å². The number of aryl methyl sites for hydroxylation is 2. The Bertz CT molecular complexity index is 748. The average Bonchev–Trinajstić information content (AvgIpc) is 2.49. The van der Waals surface area contributed by atoms with E-state index in [4.69, 9.17) is 5.84 Å². The highest BCUT2D eigenvalue weighted by Crippen LogP contribution is 2.21. The molecule has 0 radical (unpaired) electrons. The van der Waals surface area contributed by atoms with Crippen molar-refractivity contribution in [2.45, 2.75) is 27.3 Å². The van der Waals surface area contributed by atoms with Crippen LogP contribution in [-0.4, -0.2) is 10.5 Å². The van der Waals surface area contributed by atoms with Crippen LogP contribution in [-0.2, 0) is 6.54 Å². The number of rotatable bonds is 3. The minimum absolute atomic E-state index is 0.0481. The quantitative estimate of drug-likeness (QED) is 0.512. The van der Waals surface area contributed by atoms with Crippen molar-refractivity contribution in [3.8, 4) is 11.3 Å². The summed E-state index contributed by atoms with van der Waals surface area (Å²) in [4.78, 5) is 24.0. The van der Waals surface area contributed by atoms with Gasteiger partial charge in [-0.2, -0.15) is 0 Å². The van der Waals surface area contributed by atoms with E-state index in [1.165, 1.54) is 11.6 Å². The first-order chi connectivity index (χ1) is 9.99. The lowest BCUT2D eigenvalue weighted by atomic mass is 10.0. The maximum atomic E-state index is 12.4. The van der Waals surface area contributed by atoms with Crippen LogP contribution in [0.5, 0.6) is 0 Å². The van der Waals surface area contributed by atoms with Crippen LogP contribution in [0.25, 0.3) is 11.3 Å². The molecule has 5 heteroatoms. The smallest absolute Gasteiger partial charge is 0.270 e. The number of hydrogen-bond acceptors (Lipinski definition) is 3. The van der Waals surface area contributed by atoms with E-state index in [2.05, 4.69) is 0 Å². The Kier molecular flexibility index (Phi) is 4.23. The molecule has 1 amide bonds. The molecule has 0 aliphatic rings. The van der Waals surface area contributed by atoms with Crippen molar-refractivity contribution >= 4 is 5.91 Å². The van der Waals surface area contributed by atoms with Crippen LogP contribution in [0.1, 0.15) is 28.4 Å². The zero-order valence-electron chi connectivity index (χ0n) is 12.4. The standard InChI is InChI=1S/C16H19N3O2/c1-4-19-14(12-6-5-10(2)11(3)9-12)8-7-13(16(19)21)15(20)18-17/h5-9H,4,17H2,1-3H3,(H,18,20). The van der Waals surface area contributed by atoms with Crippen LogP contribution in [0, 0.1) is 13.8 Å². The van der Waals surface area contributed by atoms with Crippen molar-refractivity contribution < 1.29 is 4.79 Å². The minimum atomic E-state index is -0.575. The first kappa shape index (κ1) is 15.0. The van der Waals surface area contributed by atoms with E-state index in [0.717, 1.165) is 16.8 Å². The summed E-state index contributed by atoms with van der Waals surface area (Å²) in [6, 6.07) is 9.33. The number of nitrogens with two attached hydrogens (primary N) is 1. The van der Waals surface area contributed by atoms with E-state index in [1.54, 1.807) is 10.6 Å². The molecule has 110 valence electrons. The Morgan fingerprint density at radius 2 is 1.90 bits per heavy atom. The molecule has 1 aromatic carbocycles. The summed E-state index contributed by atoms with van der Waals surface area (Å²) in [5.74, 6) is 4.53. The first-order valence-corrected chi connectivity index (χ1v) is 6.82. The van der Waals surface area contributed by atoms with Gasteiger partial charge in [0.1, 0.15) is 5.56 Å². The monoisotopic (exact) mass is 285 g/mol. The third-order valence-electron chi connectivity index (χ3n) is 3.67. The van der Waals surface area contributed by atoms with Crippen LogP contribution in [0.3, 0.4) is 0 Å². The van der Waals surface area contributed by atoms with E-state index >= 15 is 0 Å². The molecule has 0 spiro atoms. The van der Waals surface area contributed by atoms with Gasteiger partial charge in [0, 0.05) is 6.54 Å². The van der Waals surface area contributed by atoms with Crippen molar-refractivity contribution in [3.63, 3.8) is 0 Å². The zero-order valence-corrected chi connectivity index (χ0v) is 12.4. The van der Waals surface area contributed by atoms with Crippen molar-refractivity contribution in [2.75, 3.05) is 0 Å². The van der Waals surface area contributed by atoms with Gasteiger partial charge < -0.3 is 4.57 Å². The number of pyridine rings is 1. The number of hydrazine groups is 1. The van der Waals surface area contributed by atoms with Crippen molar-refractivity contribution in [1.82, 2.24) is 9.99 Å². The maximum absolute atomic E-state index is 12.4. The van der Waals surface area contributed by atoms with E-state index in [1.807, 2.05) is 44.4 Å². The third-order valence-corrected chi connectivity index (χ3v) is 3.67. The highest BCUT2D eigenvalue weighted by atomic mass is 16.2. The lowest BCUT2D eigenvalue weighted by Crippen LogP contribution is -2.36. The molecule has 2 aromatic rings. The van der Waals surface area contributed by atoms with Gasteiger partial charge in [-0.1, -0.05) is 12.1 Å². The number of nitrogens with zero attached hydrogens (tertiary/aromatic N) is 1. The summed E-state index contributed by atoms with van der Waals surface area (Å²) < 4.78 is 1.58. The number of carbonyl (C=O) groups is 1. The Balaban J connectivity index is 2.65. The topological polar surface area (TPSA) is 77.1 Å². The van der Waals surface area contributed by atoms with E-state index in [9.17, 15) is 9.59 Å². The number of amides is 1. The summed E-state index contributed by atoms with van der Waals surface area (Å²) in [7, 11) is 0. The summed E-state index contributed by atoms with van der Waals surface area (Å²) in [5.41, 5.74) is 5.81. The van der Waals surface area contributed by atoms with Gasteiger partial charge in [0.2, 0.25) is 0 Å². The molecular formula is C16H19N3O2. The molecule has 0 bridgehead atoms. The molecule has 3 N–H and O–H groups in total. The fourth-order valence-corrected chi connectivity index (χ4v) is 2.30. The summed E-state index contributed by atoms with van der Waals surface area (Å²) >= 11 is 0. The van der Waals surface area contributed by atoms with Crippen LogP contribution in [0.4, 0.5) is 0 Å². The van der Waals surface area contributed by atoms with Gasteiger partial charge in [0.05, 0.1) is 5.69 Å². The molecule has 0 saturated heterocycles. The number of nitrogen functional groups attached to an aromatic ring is 1. The highest BCUT2D eigenvalue weighted by Gasteiger charge is 2.14. The second-order valence-electron chi connectivity index (χ2n) is 4.95. The summed E-state index contributed by atoms with van der Waals surface area (Å²) in [6.07, 6.45) is 0. The molecule has 1 aromatic heterocycles. The third kappa shape index (κ3) is 2.73. The molecule has 1 heterocycles. The Hall–Kier alpha value is -2.40. The van der Waals surface area contributed by atoms with E-state index in [-0.39, 0.29) is 11.1 Å². The fraction of sp³-hybridized carbons (Fsp3) is 0.250. The SMILES string of the molecule is CCn1c(-c2ccc(C)c(C)c2)ccc(C(=O)NN)c1=O. The largest absolute Gasteiger partial charge is 0.308 e. The maximum Gasteiger partial charge on any atom is 0.270 e. The van der Waals surface area contributed by atoms with Gasteiger partial charge in [-0.05, 0) is 55.7 Å². The van der Waals surface area contributed by atoms with E-state index in [0.29, 0.717) is 6.54 Å². The Morgan fingerprint density at radius 3 is 2.48 bits per heavy atom. The van der Waals surface area contributed by atoms with Crippen molar-refractivity contribution in [3.05, 3.63) is 57.4 Å². The molecule has 0 fully saturated rings. The number of nitrogens with one attached hydrogen (secondary N) is 1. The summed E-state index contributed by atoms with van der Waals surface area (Å²) in [6.45, 7) is 6.42. The number of hydrogen-bond donors (Lipinski definition) is 2. The molecule has 0 saturated carbocycles. The van der Waals surface area contributed by atoms with Gasteiger partial charge in [-0.25, -0.2) is 5.84 Å². The van der Waals surface area contributed by atoms with Crippen LogP contribution < -0.4 is 16.8 Å². The van der Waals surface area contributed by atoms with Gasteiger partial charge in [0.25, 0.3) is 11.5 Å². The predicted octanol–water partition coefficient (Wildman–Crippen LogP) is 1.76. The molecule has 0 atom stereocenters. The second-order valence-corrected chi connectivity index (χ2v) is 4.95. The number of aromatic nitrogens is 1. The molecule has 0 unspecified atom stereocenters. The van der Waals surface area contributed by atoms with Gasteiger partial charge in [-0.3, -0.25) is 15.0 Å². The fourth-order valence-electron chi connectivity index (χ4n) is 2.30. The molecule has 5 nitrogen and oxygen atoms in total. The average molecular weight is 285 g/mol. The van der Waals surface area contributed by atoms with Gasteiger partial charge >= 0.3 is 0 Å². The minimum Gasteiger partial charge on any atom is -0.308 e. The molecular weight excluding hydrogens is 266 g/mol. The van der Waals surface area contributed by atoms with Gasteiger partial charge in [0.15, 0.2) is 0 Å². The molecule has 0 aliphatic carbocycles. The summed E-state index contributed by atoms with van der Waals surface area (Å²) in [5, 5.41) is 0. The van der Waals surface area contributed by atoms with Crippen LogP contribution in [0.15, 0.2) is 35.1 Å². The molecule has 21 heavy (non-hydrogen) atoms. The van der Waals surface area contributed by atoms with Gasteiger partial charge in [-0.15, -0.1) is 0 Å². The lowest BCUT2D eigenvalue weighted by Gasteiger charge is -2.14. The second kappa shape index (κ2) is 5.93. The zero-order chi connectivity index (χ0) is 15.6. The Labute approximate surface area is 123 Å². The highest BCUT2D eigenvalue weighted by molar-refractivity contribution is 5.93. The van der Waals surface area contributed by atoms with E-state index < -0.39 is 5.91 Å². The van der Waals surface area contributed by atoms with Crippen molar-refractivity contribution in [1.29, 1.82) is 0 Å². The van der Waals surface area contributed by atoms with Crippen LogP contribution in [0.2, 0.25) is 0 Å². The number of benzene rings is 1.